The Labute approximate surface area is 115 Å². The van der Waals surface area contributed by atoms with E-state index in [2.05, 4.69) is 26.1 Å². The van der Waals surface area contributed by atoms with Gasteiger partial charge in [-0.2, -0.15) is 0 Å². The molecule has 1 unspecified atom stereocenters. The molecule has 2 rings (SSSR count). The summed E-state index contributed by atoms with van der Waals surface area (Å²) in [4.78, 5) is 12.4. The highest BCUT2D eigenvalue weighted by atomic mass is 16.2. The van der Waals surface area contributed by atoms with Gasteiger partial charge in [0.05, 0.1) is 5.69 Å². The first kappa shape index (κ1) is 14.0. The Bertz CT molecular complexity index is 444. The summed E-state index contributed by atoms with van der Waals surface area (Å²) in [5, 5.41) is 3.13. The van der Waals surface area contributed by atoms with Gasteiger partial charge in [-0.25, -0.2) is 0 Å². The molecule has 1 atom stereocenters. The van der Waals surface area contributed by atoms with Crippen LogP contribution in [0, 0.1) is 5.92 Å². The molecule has 1 fully saturated rings. The molecule has 19 heavy (non-hydrogen) atoms. The van der Waals surface area contributed by atoms with E-state index in [9.17, 15) is 4.79 Å². The number of hydrogen-bond donors (Lipinski definition) is 2. The van der Waals surface area contributed by atoms with Crippen molar-refractivity contribution < 1.29 is 4.79 Å². The predicted molar refractivity (Wildman–Crippen MR) is 78.1 cm³/mol. The molecule has 0 spiro atoms. The number of carbonyl (C=O) groups is 1. The number of rotatable bonds is 4. The summed E-state index contributed by atoms with van der Waals surface area (Å²) in [6.45, 7) is 6.22. The molecule has 106 valence electrons. The SMILES string of the molecule is CC(NC(=O)c1cc(N)cn1C(C)C)C1CCCC1. The lowest BCUT2D eigenvalue weighted by atomic mass is 10.00. The van der Waals surface area contributed by atoms with Crippen LogP contribution in [-0.2, 0) is 0 Å². The maximum absolute atomic E-state index is 12.4. The molecule has 1 amide bonds. The Hall–Kier alpha value is -1.45. The van der Waals surface area contributed by atoms with Crippen molar-refractivity contribution in [1.82, 2.24) is 9.88 Å². The van der Waals surface area contributed by atoms with Crippen LogP contribution >= 0.6 is 0 Å². The molecular formula is C15H25N3O. The van der Waals surface area contributed by atoms with Gasteiger partial charge in [0.1, 0.15) is 5.69 Å². The molecular weight excluding hydrogens is 238 g/mol. The number of nitrogens with one attached hydrogen (secondary N) is 1. The number of amides is 1. The Morgan fingerprint density at radius 1 is 1.37 bits per heavy atom. The average Bonchev–Trinajstić information content (AvgIpc) is 2.96. The summed E-state index contributed by atoms with van der Waals surface area (Å²) in [5.74, 6) is 0.619. The zero-order valence-electron chi connectivity index (χ0n) is 12.1. The normalized spacial score (nSPS) is 17.9. The maximum atomic E-state index is 12.4. The second kappa shape index (κ2) is 5.68. The largest absolute Gasteiger partial charge is 0.397 e. The monoisotopic (exact) mass is 263 g/mol. The van der Waals surface area contributed by atoms with Crippen molar-refractivity contribution in [3.63, 3.8) is 0 Å². The van der Waals surface area contributed by atoms with Crippen molar-refractivity contribution in [3.8, 4) is 0 Å². The molecule has 0 aromatic carbocycles. The number of aromatic nitrogens is 1. The van der Waals surface area contributed by atoms with Gasteiger partial charge in [0.25, 0.3) is 5.91 Å². The van der Waals surface area contributed by atoms with Crippen molar-refractivity contribution >= 4 is 11.6 Å². The molecule has 0 saturated heterocycles. The Morgan fingerprint density at radius 2 is 2.00 bits per heavy atom. The van der Waals surface area contributed by atoms with Gasteiger partial charge < -0.3 is 15.6 Å². The van der Waals surface area contributed by atoms with Crippen LogP contribution < -0.4 is 11.1 Å². The fourth-order valence-corrected chi connectivity index (χ4v) is 2.97. The molecule has 4 nitrogen and oxygen atoms in total. The van der Waals surface area contributed by atoms with Gasteiger partial charge in [-0.1, -0.05) is 12.8 Å². The fourth-order valence-electron chi connectivity index (χ4n) is 2.97. The number of hydrogen-bond acceptors (Lipinski definition) is 2. The highest BCUT2D eigenvalue weighted by Crippen LogP contribution is 2.27. The van der Waals surface area contributed by atoms with E-state index < -0.39 is 0 Å². The molecule has 0 aliphatic heterocycles. The summed E-state index contributed by atoms with van der Waals surface area (Å²) < 4.78 is 1.94. The van der Waals surface area contributed by atoms with Gasteiger partial charge in [0.15, 0.2) is 0 Å². The Balaban J connectivity index is 2.06. The number of nitrogens with two attached hydrogens (primary N) is 1. The van der Waals surface area contributed by atoms with Crippen LogP contribution in [0.1, 0.15) is 63.0 Å². The quantitative estimate of drug-likeness (QED) is 0.877. The first-order valence-electron chi connectivity index (χ1n) is 7.27. The maximum Gasteiger partial charge on any atom is 0.268 e. The van der Waals surface area contributed by atoms with Gasteiger partial charge in [0, 0.05) is 18.3 Å². The van der Waals surface area contributed by atoms with E-state index in [0.717, 1.165) is 0 Å². The van der Waals surface area contributed by atoms with E-state index in [1.165, 1.54) is 25.7 Å². The van der Waals surface area contributed by atoms with Crippen LogP contribution in [-0.4, -0.2) is 16.5 Å². The summed E-state index contributed by atoms with van der Waals surface area (Å²) in [6.07, 6.45) is 6.88. The lowest BCUT2D eigenvalue weighted by molar-refractivity contribution is 0.0916. The van der Waals surface area contributed by atoms with Crippen LogP contribution in [0.2, 0.25) is 0 Å². The summed E-state index contributed by atoms with van der Waals surface area (Å²) >= 11 is 0. The van der Waals surface area contributed by atoms with E-state index in [4.69, 9.17) is 5.73 Å². The highest BCUT2D eigenvalue weighted by molar-refractivity contribution is 5.94. The van der Waals surface area contributed by atoms with E-state index in [1.807, 2.05) is 10.8 Å². The van der Waals surface area contributed by atoms with E-state index in [-0.39, 0.29) is 18.0 Å². The third kappa shape index (κ3) is 3.11. The zero-order chi connectivity index (χ0) is 14.0. The third-order valence-electron chi connectivity index (χ3n) is 4.12. The summed E-state index contributed by atoms with van der Waals surface area (Å²) in [7, 11) is 0. The molecule has 1 heterocycles. The van der Waals surface area contributed by atoms with Crippen LogP contribution in [0.15, 0.2) is 12.3 Å². The Morgan fingerprint density at radius 3 is 2.58 bits per heavy atom. The zero-order valence-corrected chi connectivity index (χ0v) is 12.1. The second-order valence-electron chi connectivity index (χ2n) is 5.97. The van der Waals surface area contributed by atoms with E-state index in [0.29, 0.717) is 17.3 Å². The van der Waals surface area contributed by atoms with Crippen molar-refractivity contribution in [3.05, 3.63) is 18.0 Å². The Kier molecular flexibility index (Phi) is 4.17. The van der Waals surface area contributed by atoms with Crippen molar-refractivity contribution in [2.24, 2.45) is 5.92 Å². The molecule has 1 aliphatic carbocycles. The van der Waals surface area contributed by atoms with Gasteiger partial charge in [-0.05, 0) is 45.6 Å². The minimum atomic E-state index is -0.00944. The van der Waals surface area contributed by atoms with Crippen LogP contribution in [0.25, 0.3) is 0 Å². The van der Waals surface area contributed by atoms with Crippen LogP contribution in [0.3, 0.4) is 0 Å². The van der Waals surface area contributed by atoms with Gasteiger partial charge in [0.2, 0.25) is 0 Å². The number of anilines is 1. The molecule has 1 saturated carbocycles. The smallest absolute Gasteiger partial charge is 0.268 e. The van der Waals surface area contributed by atoms with E-state index >= 15 is 0 Å². The summed E-state index contributed by atoms with van der Waals surface area (Å²) in [5.41, 5.74) is 7.12. The molecule has 1 aliphatic rings. The van der Waals surface area contributed by atoms with Gasteiger partial charge >= 0.3 is 0 Å². The van der Waals surface area contributed by atoms with Crippen molar-refractivity contribution in [1.29, 1.82) is 0 Å². The van der Waals surface area contributed by atoms with Gasteiger partial charge in [-0.3, -0.25) is 4.79 Å². The predicted octanol–water partition coefficient (Wildman–Crippen LogP) is 2.96. The number of nitrogen functional groups attached to an aromatic ring is 1. The topological polar surface area (TPSA) is 60.1 Å². The first-order valence-corrected chi connectivity index (χ1v) is 7.27. The molecule has 1 aromatic rings. The summed E-state index contributed by atoms with van der Waals surface area (Å²) in [6, 6.07) is 2.24. The third-order valence-corrected chi connectivity index (χ3v) is 4.12. The van der Waals surface area contributed by atoms with Crippen LogP contribution in [0.5, 0.6) is 0 Å². The first-order chi connectivity index (χ1) is 8.99. The number of carbonyl (C=O) groups excluding carboxylic acids is 1. The van der Waals surface area contributed by atoms with Crippen molar-refractivity contribution in [2.45, 2.75) is 58.5 Å². The van der Waals surface area contributed by atoms with Crippen LogP contribution in [0.4, 0.5) is 5.69 Å². The second-order valence-corrected chi connectivity index (χ2v) is 5.97. The average molecular weight is 263 g/mol. The van der Waals surface area contributed by atoms with Gasteiger partial charge in [-0.15, -0.1) is 0 Å². The minimum Gasteiger partial charge on any atom is -0.397 e. The van der Waals surface area contributed by atoms with E-state index in [1.54, 1.807) is 6.07 Å². The molecule has 3 N–H and O–H groups in total. The lowest BCUT2D eigenvalue weighted by Crippen LogP contribution is -2.38. The molecule has 0 bridgehead atoms. The standard InChI is InChI=1S/C15H25N3O/c1-10(2)18-9-13(16)8-14(18)15(19)17-11(3)12-6-4-5-7-12/h8-12H,4-7,16H2,1-3H3,(H,17,19). The minimum absolute atomic E-state index is 0.00944. The fraction of sp³-hybridized carbons (Fsp3) is 0.667. The highest BCUT2D eigenvalue weighted by Gasteiger charge is 2.24. The van der Waals surface area contributed by atoms with Crippen molar-refractivity contribution in [2.75, 3.05) is 5.73 Å². The lowest BCUT2D eigenvalue weighted by Gasteiger charge is -2.21. The molecule has 1 aromatic heterocycles. The molecule has 4 heteroatoms. The molecule has 0 radical (unpaired) electrons. The number of nitrogens with zero attached hydrogens (tertiary/aromatic N) is 1.